The zero-order chi connectivity index (χ0) is 7.57. The van der Waals surface area contributed by atoms with Gasteiger partial charge in [-0.1, -0.05) is 22.6 Å². The molecule has 0 radical (unpaired) electrons. The summed E-state index contributed by atoms with van der Waals surface area (Å²) in [5, 5.41) is 0. The minimum atomic E-state index is -3.94. The number of hydrogen-bond donors (Lipinski definition) is 0. The normalized spacial score (nSPS) is 51.6. The van der Waals surface area contributed by atoms with E-state index < -0.39 is 11.6 Å². The van der Waals surface area contributed by atoms with E-state index in [0.29, 0.717) is 18.8 Å². The van der Waals surface area contributed by atoms with Crippen molar-refractivity contribution in [1.29, 1.82) is 0 Å². The molecule has 2 bridgehead atoms. The van der Waals surface area contributed by atoms with E-state index in [1.54, 1.807) is 0 Å². The van der Waals surface area contributed by atoms with Gasteiger partial charge in [-0.25, -0.2) is 0 Å². The number of rotatable bonds is 0. The van der Waals surface area contributed by atoms with Gasteiger partial charge < -0.3 is 0 Å². The molecule has 3 aliphatic carbocycles. The van der Waals surface area contributed by atoms with Crippen LogP contribution in [0.4, 0.5) is 13.2 Å². The first-order valence-electron chi connectivity index (χ1n) is 3.18. The van der Waals surface area contributed by atoms with Crippen molar-refractivity contribution in [3.05, 3.63) is 0 Å². The van der Waals surface area contributed by atoms with Gasteiger partial charge in [0.1, 0.15) is 0 Å². The van der Waals surface area contributed by atoms with Gasteiger partial charge in [-0.3, -0.25) is 0 Å². The number of halogens is 4. The van der Waals surface area contributed by atoms with Gasteiger partial charge in [0.25, 0.3) is 0 Å². The Morgan fingerprint density at radius 3 is 1.80 bits per heavy atom. The van der Waals surface area contributed by atoms with E-state index in [0.717, 1.165) is 0 Å². The van der Waals surface area contributed by atoms with Gasteiger partial charge in [0.15, 0.2) is 0 Å². The highest BCUT2D eigenvalue weighted by Gasteiger charge is 2.76. The summed E-state index contributed by atoms with van der Waals surface area (Å²) in [6, 6.07) is 0. The van der Waals surface area contributed by atoms with E-state index in [4.69, 9.17) is 0 Å². The van der Waals surface area contributed by atoms with Gasteiger partial charge in [-0.05, 0) is 18.8 Å². The molecule has 0 N–H and O–H groups in total. The third-order valence-electron chi connectivity index (χ3n) is 2.76. The number of alkyl halides is 4. The Balaban J connectivity index is 2.18. The predicted octanol–water partition coefficient (Wildman–Crippen LogP) is 2.76. The molecule has 3 saturated carbocycles. The quantitative estimate of drug-likeness (QED) is 0.465. The van der Waals surface area contributed by atoms with Gasteiger partial charge in [0, 0.05) is 3.92 Å². The van der Waals surface area contributed by atoms with Crippen molar-refractivity contribution in [3.63, 3.8) is 0 Å². The van der Waals surface area contributed by atoms with Crippen LogP contribution in [0, 0.1) is 11.3 Å². The molecule has 0 spiro atoms. The Hall–Kier alpha value is 0.520. The van der Waals surface area contributed by atoms with Crippen molar-refractivity contribution >= 4 is 22.6 Å². The van der Waals surface area contributed by atoms with Crippen LogP contribution in [-0.2, 0) is 0 Å². The van der Waals surface area contributed by atoms with Crippen LogP contribution in [0.25, 0.3) is 0 Å². The lowest BCUT2D eigenvalue weighted by Gasteiger charge is -2.66. The van der Waals surface area contributed by atoms with Crippen LogP contribution < -0.4 is 0 Å². The Kier molecular flexibility index (Phi) is 1.18. The average molecular weight is 262 g/mol. The largest absolute Gasteiger partial charge is 0.395 e. The van der Waals surface area contributed by atoms with Crippen LogP contribution in [0.3, 0.4) is 0 Å². The zero-order valence-corrected chi connectivity index (χ0v) is 7.24. The Bertz CT molecular complexity index is 168. The number of hydrogen-bond acceptors (Lipinski definition) is 0. The van der Waals surface area contributed by atoms with Crippen LogP contribution in [0.5, 0.6) is 0 Å². The summed E-state index contributed by atoms with van der Waals surface area (Å²) in [6.45, 7) is 0. The molecule has 0 aromatic heterocycles. The van der Waals surface area contributed by atoms with Gasteiger partial charge >= 0.3 is 6.18 Å². The lowest BCUT2D eigenvalue weighted by atomic mass is 9.44. The fraction of sp³-hybridized carbons (Fsp3) is 1.00. The van der Waals surface area contributed by atoms with E-state index in [2.05, 4.69) is 0 Å². The minimum Gasteiger partial charge on any atom is -0.170 e. The molecule has 0 aromatic carbocycles. The molecule has 0 saturated heterocycles. The van der Waals surface area contributed by atoms with Crippen LogP contribution in [0.15, 0.2) is 0 Å². The molecule has 3 fully saturated rings. The monoisotopic (exact) mass is 262 g/mol. The topological polar surface area (TPSA) is 0 Å². The van der Waals surface area contributed by atoms with Crippen molar-refractivity contribution < 1.29 is 13.2 Å². The first-order chi connectivity index (χ1) is 4.47. The second kappa shape index (κ2) is 1.64. The van der Waals surface area contributed by atoms with Crippen molar-refractivity contribution in [2.75, 3.05) is 0 Å². The SMILES string of the molecule is FC(F)(F)C12CC(C1)C2I. The molecule has 10 heavy (non-hydrogen) atoms. The van der Waals surface area contributed by atoms with Crippen molar-refractivity contribution in [3.8, 4) is 0 Å². The van der Waals surface area contributed by atoms with Crippen molar-refractivity contribution in [2.45, 2.75) is 22.9 Å². The molecular weight excluding hydrogens is 256 g/mol. The summed E-state index contributed by atoms with van der Waals surface area (Å²) in [5.74, 6) is 0.377. The highest BCUT2D eigenvalue weighted by molar-refractivity contribution is 14.1. The van der Waals surface area contributed by atoms with Crippen LogP contribution in [-0.4, -0.2) is 10.1 Å². The molecule has 0 amide bonds. The summed E-state index contributed by atoms with van der Waals surface area (Å²) in [4.78, 5) is 0. The second-order valence-electron chi connectivity index (χ2n) is 3.22. The fourth-order valence-corrected chi connectivity index (χ4v) is 3.20. The molecule has 0 aromatic rings. The molecule has 0 heterocycles. The van der Waals surface area contributed by atoms with E-state index in [-0.39, 0.29) is 3.92 Å². The van der Waals surface area contributed by atoms with Crippen LogP contribution in [0.1, 0.15) is 12.8 Å². The lowest BCUT2D eigenvalue weighted by Crippen LogP contribution is -2.69. The molecule has 4 heteroatoms. The molecule has 0 aliphatic heterocycles. The van der Waals surface area contributed by atoms with Crippen LogP contribution >= 0.6 is 22.6 Å². The highest BCUT2D eigenvalue weighted by Crippen LogP contribution is 2.73. The fourth-order valence-electron chi connectivity index (χ4n) is 1.83. The molecular formula is C6H6F3I. The van der Waals surface area contributed by atoms with Gasteiger partial charge in [0.05, 0.1) is 5.41 Å². The third kappa shape index (κ3) is 0.553. The summed E-state index contributed by atoms with van der Waals surface area (Å²) < 4.78 is 36.4. The molecule has 3 aliphatic rings. The zero-order valence-electron chi connectivity index (χ0n) is 5.08. The first-order valence-corrected chi connectivity index (χ1v) is 4.43. The van der Waals surface area contributed by atoms with Crippen molar-refractivity contribution in [2.24, 2.45) is 11.3 Å². The molecule has 1 atom stereocenters. The van der Waals surface area contributed by atoms with E-state index >= 15 is 0 Å². The summed E-state index contributed by atoms with van der Waals surface area (Å²) in [7, 11) is 0. The molecule has 3 rings (SSSR count). The van der Waals surface area contributed by atoms with Gasteiger partial charge in [-0.15, -0.1) is 0 Å². The summed E-state index contributed by atoms with van der Waals surface area (Å²) in [5.41, 5.74) is -1.25. The Labute approximate surface area is 70.3 Å². The molecule has 0 nitrogen and oxygen atoms in total. The Morgan fingerprint density at radius 2 is 1.80 bits per heavy atom. The van der Waals surface area contributed by atoms with Crippen molar-refractivity contribution in [1.82, 2.24) is 0 Å². The summed E-state index contributed by atoms with van der Waals surface area (Å²) in [6.07, 6.45) is -3.15. The van der Waals surface area contributed by atoms with E-state index in [1.807, 2.05) is 22.6 Å². The maximum atomic E-state index is 12.2. The summed E-state index contributed by atoms with van der Waals surface area (Å²) >= 11 is 1.93. The standard InChI is InChI=1S/C6H6F3I/c7-6(8,9)5-1-3(2-5)4(5)10/h3-4H,1-2H2. The molecule has 1 unspecified atom stereocenters. The van der Waals surface area contributed by atoms with E-state index in [9.17, 15) is 13.2 Å². The van der Waals surface area contributed by atoms with Crippen LogP contribution in [0.2, 0.25) is 0 Å². The Morgan fingerprint density at radius 1 is 1.30 bits per heavy atom. The maximum absolute atomic E-state index is 12.2. The highest BCUT2D eigenvalue weighted by atomic mass is 127. The third-order valence-corrected chi connectivity index (χ3v) is 4.97. The molecule has 58 valence electrons. The maximum Gasteiger partial charge on any atom is 0.395 e. The van der Waals surface area contributed by atoms with E-state index in [1.165, 1.54) is 0 Å². The smallest absolute Gasteiger partial charge is 0.170 e. The average Bonchev–Trinajstić information content (AvgIpc) is 1.56. The van der Waals surface area contributed by atoms with Gasteiger partial charge in [0.2, 0.25) is 0 Å². The first kappa shape index (κ1) is 7.18. The minimum absolute atomic E-state index is 0.120. The lowest BCUT2D eigenvalue weighted by molar-refractivity contribution is -0.315. The predicted molar refractivity (Wildman–Crippen MR) is 39.0 cm³/mol. The second-order valence-corrected chi connectivity index (χ2v) is 4.57. The van der Waals surface area contributed by atoms with Gasteiger partial charge in [-0.2, -0.15) is 13.2 Å².